The minimum atomic E-state index is -2.96. The lowest BCUT2D eigenvalue weighted by Crippen LogP contribution is -2.04. The second kappa shape index (κ2) is 8.12. The minimum Gasteiger partial charge on any atom is -0.486 e. The van der Waals surface area contributed by atoms with Crippen molar-refractivity contribution in [1.29, 1.82) is 0 Å². The van der Waals surface area contributed by atoms with Crippen molar-refractivity contribution in [3.05, 3.63) is 58.7 Å². The maximum atomic E-state index is 12.5. The zero-order valence-electron chi connectivity index (χ0n) is 16.1. The molecular formula is C21H14F2N4O2S2. The Kier molecular flexibility index (Phi) is 5.16. The van der Waals surface area contributed by atoms with Crippen molar-refractivity contribution >= 4 is 43.9 Å². The highest BCUT2D eigenvalue weighted by molar-refractivity contribution is 7.22. The van der Waals surface area contributed by atoms with Gasteiger partial charge in [-0.05, 0) is 36.8 Å². The van der Waals surface area contributed by atoms with E-state index in [0.29, 0.717) is 17.6 Å². The summed E-state index contributed by atoms with van der Waals surface area (Å²) in [5.74, 6) is 0.506. The maximum absolute atomic E-state index is 12.5. The number of thiazole rings is 2. The third-order valence-corrected chi connectivity index (χ3v) is 6.20. The van der Waals surface area contributed by atoms with Crippen LogP contribution in [0.15, 0.2) is 47.4 Å². The molecule has 31 heavy (non-hydrogen) atoms. The van der Waals surface area contributed by atoms with Crippen LogP contribution in [0.2, 0.25) is 0 Å². The number of aryl methyl sites for hydroxylation is 1. The van der Waals surface area contributed by atoms with Gasteiger partial charge in [0.15, 0.2) is 0 Å². The average molecular weight is 456 g/mol. The van der Waals surface area contributed by atoms with E-state index in [2.05, 4.69) is 19.7 Å². The van der Waals surface area contributed by atoms with E-state index in [-0.39, 0.29) is 5.88 Å². The molecule has 0 aliphatic heterocycles. The predicted octanol–water partition coefficient (Wildman–Crippen LogP) is 5.85. The van der Waals surface area contributed by atoms with Gasteiger partial charge in [-0.1, -0.05) is 6.07 Å². The molecule has 0 unspecified atom stereocenters. The Morgan fingerprint density at radius 3 is 2.81 bits per heavy atom. The van der Waals surface area contributed by atoms with Crippen LogP contribution in [-0.2, 0) is 6.61 Å². The van der Waals surface area contributed by atoms with Crippen molar-refractivity contribution in [3.8, 4) is 22.2 Å². The van der Waals surface area contributed by atoms with E-state index >= 15 is 0 Å². The Bertz CT molecular complexity index is 1370. The number of halogens is 2. The fourth-order valence-corrected chi connectivity index (χ4v) is 4.76. The quantitative estimate of drug-likeness (QED) is 0.319. The van der Waals surface area contributed by atoms with Gasteiger partial charge in [0, 0.05) is 10.9 Å². The number of ether oxygens (including phenoxy) is 2. The molecule has 0 radical (unpaired) electrons. The zero-order chi connectivity index (χ0) is 21.4. The first-order valence-corrected chi connectivity index (χ1v) is 10.9. The van der Waals surface area contributed by atoms with Crippen LogP contribution < -0.4 is 9.47 Å². The Morgan fingerprint density at radius 2 is 2.00 bits per heavy atom. The predicted molar refractivity (Wildman–Crippen MR) is 116 cm³/mol. The summed E-state index contributed by atoms with van der Waals surface area (Å²) in [5.41, 5.74) is 6.15. The van der Waals surface area contributed by atoms with Gasteiger partial charge in [-0.15, -0.1) is 22.7 Å². The van der Waals surface area contributed by atoms with Crippen molar-refractivity contribution in [2.24, 2.45) is 0 Å². The smallest absolute Gasteiger partial charge is 0.388 e. The lowest BCUT2D eigenvalue weighted by atomic mass is 10.1. The molecule has 0 fully saturated rings. The minimum absolute atomic E-state index is 0.221. The molecule has 5 aromatic rings. The molecule has 0 saturated heterocycles. The number of hydrogen-bond donors (Lipinski definition) is 0. The monoisotopic (exact) mass is 456 g/mol. The second-order valence-electron chi connectivity index (χ2n) is 6.66. The van der Waals surface area contributed by atoms with E-state index in [4.69, 9.17) is 9.72 Å². The maximum Gasteiger partial charge on any atom is 0.388 e. The van der Waals surface area contributed by atoms with Gasteiger partial charge in [0.25, 0.3) is 0 Å². The summed E-state index contributed by atoms with van der Waals surface area (Å²) in [6.45, 7) is -0.675. The Labute approximate surface area is 183 Å². The van der Waals surface area contributed by atoms with Crippen LogP contribution in [0.5, 0.6) is 11.6 Å². The van der Waals surface area contributed by atoms with Crippen LogP contribution in [-0.4, -0.2) is 26.5 Å². The van der Waals surface area contributed by atoms with E-state index in [1.165, 1.54) is 28.9 Å². The van der Waals surface area contributed by atoms with Crippen molar-refractivity contribution in [1.82, 2.24) is 19.9 Å². The summed E-state index contributed by atoms with van der Waals surface area (Å²) in [7, 11) is 0. The van der Waals surface area contributed by atoms with Crippen LogP contribution >= 0.6 is 22.7 Å². The van der Waals surface area contributed by atoms with Gasteiger partial charge < -0.3 is 9.47 Å². The zero-order valence-corrected chi connectivity index (χ0v) is 17.7. The normalized spacial score (nSPS) is 11.5. The first kappa shape index (κ1) is 19.7. The van der Waals surface area contributed by atoms with E-state index in [0.717, 1.165) is 37.8 Å². The molecule has 0 spiro atoms. The van der Waals surface area contributed by atoms with Crippen molar-refractivity contribution in [2.75, 3.05) is 0 Å². The largest absolute Gasteiger partial charge is 0.486 e. The Hall–Kier alpha value is -3.24. The molecule has 5 rings (SSSR count). The van der Waals surface area contributed by atoms with E-state index < -0.39 is 6.61 Å². The number of nitrogens with zero attached hydrogens (tertiary/aromatic N) is 4. The van der Waals surface area contributed by atoms with Gasteiger partial charge in [0.05, 0.1) is 38.7 Å². The number of benzene rings is 2. The topological polar surface area (TPSA) is 70.0 Å². The molecule has 3 aromatic heterocycles. The molecule has 2 aromatic carbocycles. The molecule has 0 N–H and O–H groups in total. The summed E-state index contributed by atoms with van der Waals surface area (Å²) in [6.07, 6.45) is 1.20. The Morgan fingerprint density at radius 1 is 1.10 bits per heavy atom. The molecule has 156 valence electrons. The van der Waals surface area contributed by atoms with Crippen molar-refractivity contribution < 1.29 is 18.3 Å². The highest BCUT2D eigenvalue weighted by atomic mass is 32.1. The highest BCUT2D eigenvalue weighted by Gasteiger charge is 2.16. The first-order chi connectivity index (χ1) is 15.1. The third-order valence-electron chi connectivity index (χ3n) is 4.45. The van der Waals surface area contributed by atoms with Gasteiger partial charge >= 0.3 is 6.61 Å². The summed E-state index contributed by atoms with van der Waals surface area (Å²) >= 11 is 3.00. The molecular weight excluding hydrogens is 442 g/mol. The lowest BCUT2D eigenvalue weighted by Gasteiger charge is -2.07. The number of hydrogen-bond acceptors (Lipinski definition) is 8. The van der Waals surface area contributed by atoms with Gasteiger partial charge in [-0.25, -0.2) is 19.9 Å². The fourth-order valence-electron chi connectivity index (χ4n) is 3.17. The van der Waals surface area contributed by atoms with Crippen molar-refractivity contribution in [3.63, 3.8) is 0 Å². The molecule has 0 atom stereocenters. The fraction of sp³-hybridized carbons (Fsp3) is 0.143. The number of aromatic nitrogens is 4. The average Bonchev–Trinajstić information content (AvgIpc) is 3.40. The third kappa shape index (κ3) is 4.04. The molecule has 0 aliphatic carbocycles. The molecule has 10 heteroatoms. The van der Waals surface area contributed by atoms with E-state index in [1.807, 2.05) is 36.6 Å². The van der Waals surface area contributed by atoms with Gasteiger partial charge in [-0.2, -0.15) is 8.78 Å². The van der Waals surface area contributed by atoms with Crippen LogP contribution in [0.3, 0.4) is 0 Å². The molecule has 0 saturated carbocycles. The molecule has 0 amide bonds. The van der Waals surface area contributed by atoms with Crippen molar-refractivity contribution in [2.45, 2.75) is 20.1 Å². The van der Waals surface area contributed by atoms with Gasteiger partial charge in [0.2, 0.25) is 5.88 Å². The van der Waals surface area contributed by atoms with Crippen LogP contribution in [0.1, 0.15) is 11.3 Å². The number of fused-ring (bicyclic) bond motifs is 2. The van der Waals surface area contributed by atoms with Gasteiger partial charge in [0.1, 0.15) is 17.4 Å². The van der Waals surface area contributed by atoms with Crippen LogP contribution in [0.4, 0.5) is 8.78 Å². The summed E-state index contributed by atoms with van der Waals surface area (Å²) in [4.78, 5) is 17.5. The standard InChI is InChI=1S/C21H14F2N4O2S2/c1-11-5-13(18-15(6-11)26-17(7-24-18)29-21(22)23)20-27-14-3-2-4-16(19(14)31-20)28-8-12-9-30-10-25-12/h2-7,9-10,21H,8H2,1H3. The number of rotatable bonds is 6. The molecule has 0 aliphatic rings. The molecule has 3 heterocycles. The number of alkyl halides is 2. The lowest BCUT2D eigenvalue weighted by molar-refractivity contribution is -0.0528. The molecule has 0 bridgehead atoms. The second-order valence-corrected chi connectivity index (χ2v) is 8.38. The van der Waals surface area contributed by atoms with E-state index in [9.17, 15) is 8.78 Å². The Balaban J connectivity index is 1.56. The SMILES string of the molecule is Cc1cc(-c2nc3cccc(OCc4cscn4)c3s2)c2ncc(OC(F)F)nc2c1. The van der Waals surface area contributed by atoms with Gasteiger partial charge in [-0.3, -0.25) is 0 Å². The summed E-state index contributed by atoms with van der Waals surface area (Å²) < 4.78 is 36.4. The molecule has 6 nitrogen and oxygen atoms in total. The van der Waals surface area contributed by atoms with Crippen LogP contribution in [0.25, 0.3) is 31.8 Å². The summed E-state index contributed by atoms with van der Waals surface area (Å²) in [6, 6.07) is 9.45. The first-order valence-electron chi connectivity index (χ1n) is 9.19. The highest BCUT2D eigenvalue weighted by Crippen LogP contribution is 2.38. The van der Waals surface area contributed by atoms with E-state index in [1.54, 1.807) is 11.6 Å². The van der Waals surface area contributed by atoms with Crippen LogP contribution in [0, 0.1) is 6.92 Å². The summed E-state index contributed by atoms with van der Waals surface area (Å²) in [5, 5.41) is 2.69.